The first-order chi connectivity index (χ1) is 17.6. The van der Waals surface area contributed by atoms with Gasteiger partial charge in [-0.1, -0.05) is 67.0 Å². The molecule has 2 aromatic carbocycles. The van der Waals surface area contributed by atoms with E-state index in [1.54, 1.807) is 0 Å². The Morgan fingerprint density at radius 1 is 1.08 bits per heavy atom. The average Bonchev–Trinajstić information content (AvgIpc) is 3.07. The number of aromatic hydroxyl groups is 1. The zero-order valence-corrected chi connectivity index (χ0v) is 24.7. The molecule has 2 aromatic rings. The molecular formula is C33H46N2O3. The van der Waals surface area contributed by atoms with Crippen LogP contribution in [0.3, 0.4) is 0 Å². The second-order valence-corrected chi connectivity index (χ2v) is 12.9. The number of ketones is 1. The first-order valence-electron chi connectivity index (χ1n) is 13.8. The predicted molar refractivity (Wildman–Crippen MR) is 158 cm³/mol. The number of nitrogens with one attached hydrogen (secondary N) is 1. The summed E-state index contributed by atoms with van der Waals surface area (Å²) in [6.07, 6.45) is 4.19. The molecule has 3 rings (SSSR count). The van der Waals surface area contributed by atoms with Crippen LogP contribution in [-0.4, -0.2) is 40.8 Å². The molecule has 2 N–H and O–H groups in total. The molecule has 0 saturated carbocycles. The Kier molecular flexibility index (Phi) is 8.80. The number of phenolic OH excluding ortho intramolecular Hbond substituents is 1. The molecule has 1 unspecified atom stereocenters. The number of hydrogen-bond donors (Lipinski definition) is 2. The van der Waals surface area contributed by atoms with Crippen LogP contribution in [0.2, 0.25) is 0 Å². The maximum absolute atomic E-state index is 13.6. The second-order valence-electron chi connectivity index (χ2n) is 12.9. The molecule has 0 bridgehead atoms. The Morgan fingerprint density at radius 2 is 1.63 bits per heavy atom. The van der Waals surface area contributed by atoms with Gasteiger partial charge in [0.05, 0.1) is 12.6 Å². The quantitative estimate of drug-likeness (QED) is 0.350. The molecule has 0 radical (unpaired) electrons. The van der Waals surface area contributed by atoms with E-state index < -0.39 is 0 Å². The molecule has 5 nitrogen and oxygen atoms in total. The van der Waals surface area contributed by atoms with E-state index in [0.29, 0.717) is 17.9 Å². The van der Waals surface area contributed by atoms with E-state index in [2.05, 4.69) is 13.0 Å². The number of carbonyl (C=O) groups excluding carboxylic acids is 1. The number of Topliss-reactive ketones (excluding diaryl/α,β-unsaturated/α-hetero) is 1. The van der Waals surface area contributed by atoms with E-state index in [9.17, 15) is 9.90 Å². The monoisotopic (exact) mass is 518 g/mol. The van der Waals surface area contributed by atoms with Crippen LogP contribution in [0.25, 0.3) is 6.08 Å². The van der Waals surface area contributed by atoms with Crippen molar-refractivity contribution in [2.24, 2.45) is 5.92 Å². The molecule has 206 valence electrons. The first-order valence-corrected chi connectivity index (χ1v) is 13.8. The zero-order valence-electron chi connectivity index (χ0n) is 24.7. The molecule has 1 saturated heterocycles. The highest BCUT2D eigenvalue weighted by Crippen LogP contribution is 2.40. The topological polar surface area (TPSA) is 73.6 Å². The molecule has 0 spiro atoms. The summed E-state index contributed by atoms with van der Waals surface area (Å²) in [6, 6.07) is 11.7. The summed E-state index contributed by atoms with van der Waals surface area (Å²) >= 11 is 0. The summed E-state index contributed by atoms with van der Waals surface area (Å²) in [5.74, 6) is 1.71. The van der Waals surface area contributed by atoms with Gasteiger partial charge in [-0.15, -0.1) is 0 Å². The lowest BCUT2D eigenvalue weighted by molar-refractivity contribution is 0.0963. The van der Waals surface area contributed by atoms with Crippen molar-refractivity contribution in [1.82, 2.24) is 4.90 Å². The number of likely N-dealkylation sites (tertiary alicyclic amines) is 1. The lowest BCUT2D eigenvalue weighted by Gasteiger charge is -2.28. The normalized spacial score (nSPS) is 17.5. The Morgan fingerprint density at radius 3 is 2.11 bits per heavy atom. The van der Waals surface area contributed by atoms with Gasteiger partial charge in [0.1, 0.15) is 17.3 Å². The van der Waals surface area contributed by atoms with E-state index in [1.807, 2.05) is 96.7 Å². The molecular weight excluding hydrogens is 472 g/mol. The SMILES string of the molecule is CCCC1CN(CC(=O)c2cc(C(C)(C)C)c(O)c(C(C)(C)C)c2)C(=N)/C1=C/c1ccc(OC(C)C)cc1. The number of carbonyl (C=O) groups is 1. The first kappa shape index (κ1) is 29.5. The van der Waals surface area contributed by atoms with E-state index in [1.165, 1.54) is 0 Å². The molecule has 1 atom stereocenters. The van der Waals surface area contributed by atoms with Gasteiger partial charge in [-0.25, -0.2) is 0 Å². The summed E-state index contributed by atoms with van der Waals surface area (Å²) < 4.78 is 5.76. The third-order valence-corrected chi connectivity index (χ3v) is 7.06. The van der Waals surface area contributed by atoms with Crippen molar-refractivity contribution in [1.29, 1.82) is 5.41 Å². The number of nitrogens with zero attached hydrogens (tertiary/aromatic N) is 1. The fraction of sp³-hybridized carbons (Fsp3) is 0.515. The van der Waals surface area contributed by atoms with Crippen LogP contribution in [0, 0.1) is 11.3 Å². The Bertz CT molecular complexity index is 1160. The van der Waals surface area contributed by atoms with Gasteiger partial charge in [-0.3, -0.25) is 10.2 Å². The largest absolute Gasteiger partial charge is 0.507 e. The third-order valence-electron chi connectivity index (χ3n) is 7.06. The Balaban J connectivity index is 1.89. The second kappa shape index (κ2) is 11.3. The lowest BCUT2D eigenvalue weighted by Crippen LogP contribution is -2.31. The summed E-state index contributed by atoms with van der Waals surface area (Å²) in [6.45, 7) is 19.3. The van der Waals surface area contributed by atoms with Gasteiger partial charge in [-0.05, 0) is 72.6 Å². The van der Waals surface area contributed by atoms with Gasteiger partial charge in [0.25, 0.3) is 0 Å². The van der Waals surface area contributed by atoms with Gasteiger partial charge in [0.2, 0.25) is 0 Å². The molecule has 1 heterocycles. The lowest BCUT2D eigenvalue weighted by atomic mass is 9.78. The summed E-state index contributed by atoms with van der Waals surface area (Å²) in [5, 5.41) is 20.0. The molecule has 1 aliphatic rings. The van der Waals surface area contributed by atoms with Gasteiger partial charge >= 0.3 is 0 Å². The van der Waals surface area contributed by atoms with Crippen molar-refractivity contribution in [2.75, 3.05) is 13.1 Å². The minimum Gasteiger partial charge on any atom is -0.507 e. The summed E-state index contributed by atoms with van der Waals surface area (Å²) in [5.41, 5.74) is 3.54. The third kappa shape index (κ3) is 6.86. The van der Waals surface area contributed by atoms with Crippen molar-refractivity contribution < 1.29 is 14.6 Å². The molecule has 0 aromatic heterocycles. The number of hydrogen-bond acceptors (Lipinski definition) is 4. The molecule has 1 fully saturated rings. The minimum atomic E-state index is -0.307. The summed E-state index contributed by atoms with van der Waals surface area (Å²) in [7, 11) is 0. The number of ether oxygens (including phenoxy) is 1. The average molecular weight is 519 g/mol. The number of phenols is 1. The van der Waals surface area contributed by atoms with Crippen LogP contribution in [0.1, 0.15) is 102 Å². The van der Waals surface area contributed by atoms with E-state index in [0.717, 1.165) is 40.9 Å². The number of amidine groups is 1. The van der Waals surface area contributed by atoms with E-state index in [4.69, 9.17) is 10.1 Å². The van der Waals surface area contributed by atoms with Crippen LogP contribution in [0.4, 0.5) is 0 Å². The standard InChI is InChI=1S/C33H46N2O3/c1-10-11-23-19-35(31(34)26(23)16-22-12-14-25(15-13-22)38-21(2)3)20-29(36)24-17-27(32(4,5)6)30(37)28(18-24)33(7,8)9/h12-18,21,23,34,37H,10-11,19-20H2,1-9H3/b26-16+,34-31?. The molecule has 0 aliphatic carbocycles. The highest BCUT2D eigenvalue weighted by molar-refractivity contribution is 6.06. The van der Waals surface area contributed by atoms with Gasteiger partial charge in [-0.2, -0.15) is 0 Å². The van der Waals surface area contributed by atoms with Gasteiger partial charge < -0.3 is 14.7 Å². The zero-order chi connectivity index (χ0) is 28.4. The van der Waals surface area contributed by atoms with Crippen molar-refractivity contribution in [3.05, 3.63) is 64.2 Å². The summed E-state index contributed by atoms with van der Waals surface area (Å²) in [4.78, 5) is 15.5. The highest BCUT2D eigenvalue weighted by Gasteiger charge is 2.34. The van der Waals surface area contributed by atoms with Crippen LogP contribution < -0.4 is 4.74 Å². The minimum absolute atomic E-state index is 0.0302. The van der Waals surface area contributed by atoms with Crippen LogP contribution in [0.15, 0.2) is 42.0 Å². The van der Waals surface area contributed by atoms with Crippen molar-refractivity contribution in [3.8, 4) is 11.5 Å². The fourth-order valence-corrected chi connectivity index (χ4v) is 5.05. The van der Waals surface area contributed by atoms with Crippen molar-refractivity contribution in [3.63, 3.8) is 0 Å². The molecule has 5 heteroatoms. The van der Waals surface area contributed by atoms with Gasteiger partial charge in [0, 0.05) is 29.2 Å². The fourth-order valence-electron chi connectivity index (χ4n) is 5.05. The molecule has 1 aliphatic heterocycles. The maximum Gasteiger partial charge on any atom is 0.182 e. The van der Waals surface area contributed by atoms with E-state index in [-0.39, 0.29) is 40.9 Å². The number of rotatable bonds is 8. The van der Waals surface area contributed by atoms with Crippen molar-refractivity contribution in [2.45, 2.75) is 92.1 Å². The van der Waals surface area contributed by atoms with Crippen LogP contribution in [0.5, 0.6) is 11.5 Å². The highest BCUT2D eigenvalue weighted by atomic mass is 16.5. The Hall–Kier alpha value is -3.08. The van der Waals surface area contributed by atoms with E-state index >= 15 is 0 Å². The van der Waals surface area contributed by atoms with Gasteiger partial charge in [0.15, 0.2) is 5.78 Å². The van der Waals surface area contributed by atoms with Crippen LogP contribution in [-0.2, 0) is 10.8 Å². The van der Waals surface area contributed by atoms with Crippen LogP contribution >= 0.6 is 0 Å². The van der Waals surface area contributed by atoms with Crippen molar-refractivity contribution >= 4 is 17.7 Å². The Labute approximate surface area is 229 Å². The molecule has 0 amide bonds. The molecule has 38 heavy (non-hydrogen) atoms. The number of benzene rings is 2. The smallest absolute Gasteiger partial charge is 0.182 e. The predicted octanol–water partition coefficient (Wildman–Crippen LogP) is 7.75. The maximum atomic E-state index is 13.6.